The summed E-state index contributed by atoms with van der Waals surface area (Å²) in [4.78, 5) is 8.74. The fourth-order valence-electron chi connectivity index (χ4n) is 5.70. The van der Waals surface area contributed by atoms with Gasteiger partial charge in [-0.2, -0.15) is 0 Å². The molecule has 4 heteroatoms. The Kier molecular flexibility index (Phi) is 2.84. The van der Waals surface area contributed by atoms with Crippen molar-refractivity contribution in [3.8, 4) is 0 Å². The summed E-state index contributed by atoms with van der Waals surface area (Å²) < 4.78 is 0. The molecule has 4 nitrogen and oxygen atoms in total. The lowest BCUT2D eigenvalue weighted by atomic mass is 9.46. The van der Waals surface area contributed by atoms with Crippen LogP contribution in [0.5, 0.6) is 0 Å². The lowest BCUT2D eigenvalue weighted by molar-refractivity contribution is -0.167. The Balaban J connectivity index is 1.57. The van der Waals surface area contributed by atoms with Crippen molar-refractivity contribution in [2.24, 2.45) is 17.3 Å². The summed E-state index contributed by atoms with van der Waals surface area (Å²) in [5.41, 5.74) is 0.791. The standard InChI is InChI=1S/C17H25N3O/c1-11-8-18-9-15(19-11)20-12(2)16-4-13-3-14(5-16)7-17(21,6-13)10-16/h8-9,12-14,21H,3-7,10H2,1-2H3,(H,19,20). The zero-order chi connectivity index (χ0) is 14.7. The molecule has 0 radical (unpaired) electrons. The summed E-state index contributed by atoms with van der Waals surface area (Å²) in [7, 11) is 0. The fraction of sp³-hybridized carbons (Fsp3) is 0.765. The number of anilines is 1. The molecule has 2 N–H and O–H groups in total. The van der Waals surface area contributed by atoms with Gasteiger partial charge in [0.25, 0.3) is 0 Å². The van der Waals surface area contributed by atoms with Gasteiger partial charge in [-0.1, -0.05) is 0 Å². The Labute approximate surface area is 126 Å². The predicted octanol–water partition coefficient (Wildman–Crippen LogP) is 2.92. The van der Waals surface area contributed by atoms with E-state index in [1.165, 1.54) is 19.3 Å². The lowest BCUT2D eigenvalue weighted by Gasteiger charge is -2.62. The minimum Gasteiger partial charge on any atom is -0.390 e. The van der Waals surface area contributed by atoms with Crippen LogP contribution in [0.3, 0.4) is 0 Å². The van der Waals surface area contributed by atoms with Crippen LogP contribution in [-0.4, -0.2) is 26.7 Å². The van der Waals surface area contributed by atoms with Gasteiger partial charge in [0.05, 0.1) is 17.5 Å². The average molecular weight is 287 g/mol. The summed E-state index contributed by atoms with van der Waals surface area (Å²) in [6.45, 7) is 4.23. The van der Waals surface area contributed by atoms with E-state index in [1.54, 1.807) is 12.4 Å². The quantitative estimate of drug-likeness (QED) is 0.897. The molecule has 114 valence electrons. The Bertz CT molecular complexity index is 545. The number of hydrogen-bond donors (Lipinski definition) is 2. The van der Waals surface area contributed by atoms with Crippen molar-refractivity contribution in [2.75, 3.05) is 5.32 Å². The highest BCUT2D eigenvalue weighted by Gasteiger charge is 2.58. The topological polar surface area (TPSA) is 58.0 Å². The molecule has 0 aromatic carbocycles. The summed E-state index contributed by atoms with van der Waals surface area (Å²) in [5, 5.41) is 14.4. The van der Waals surface area contributed by atoms with Gasteiger partial charge in [-0.05, 0) is 69.6 Å². The minimum atomic E-state index is -0.391. The summed E-state index contributed by atoms with van der Waals surface area (Å²) in [5.74, 6) is 2.32. The van der Waals surface area contributed by atoms with Gasteiger partial charge in [0.1, 0.15) is 5.82 Å². The van der Waals surface area contributed by atoms with Gasteiger partial charge in [-0.25, -0.2) is 4.98 Å². The SMILES string of the molecule is Cc1cncc(NC(C)C23CC4CC(CC(O)(C4)C2)C3)n1. The van der Waals surface area contributed by atoms with Gasteiger partial charge >= 0.3 is 0 Å². The van der Waals surface area contributed by atoms with Crippen LogP contribution in [0.4, 0.5) is 5.82 Å². The maximum absolute atomic E-state index is 10.9. The van der Waals surface area contributed by atoms with Crippen LogP contribution in [0.25, 0.3) is 0 Å². The molecule has 0 spiro atoms. The first-order valence-corrected chi connectivity index (χ1v) is 8.24. The molecule has 5 rings (SSSR count). The summed E-state index contributed by atoms with van der Waals surface area (Å²) in [6.07, 6.45) is 10.5. The van der Waals surface area contributed by atoms with Gasteiger partial charge in [-0.3, -0.25) is 4.98 Å². The van der Waals surface area contributed by atoms with E-state index >= 15 is 0 Å². The molecule has 3 atom stereocenters. The first-order chi connectivity index (χ1) is 9.96. The van der Waals surface area contributed by atoms with E-state index in [0.29, 0.717) is 6.04 Å². The molecule has 4 aliphatic rings. The van der Waals surface area contributed by atoms with E-state index in [0.717, 1.165) is 42.6 Å². The van der Waals surface area contributed by atoms with E-state index < -0.39 is 5.60 Å². The van der Waals surface area contributed by atoms with Crippen molar-refractivity contribution in [1.29, 1.82) is 0 Å². The Hall–Kier alpha value is -1.16. The monoisotopic (exact) mass is 287 g/mol. The van der Waals surface area contributed by atoms with Crippen LogP contribution < -0.4 is 5.32 Å². The molecular formula is C17H25N3O. The maximum Gasteiger partial charge on any atom is 0.145 e. The molecular weight excluding hydrogens is 262 g/mol. The van der Waals surface area contributed by atoms with Crippen LogP contribution in [-0.2, 0) is 0 Å². The highest BCUT2D eigenvalue weighted by Crippen LogP contribution is 2.62. The highest BCUT2D eigenvalue weighted by molar-refractivity contribution is 5.34. The third kappa shape index (κ3) is 2.24. The Morgan fingerprint density at radius 3 is 2.57 bits per heavy atom. The number of aliphatic hydroxyl groups is 1. The number of rotatable bonds is 3. The third-order valence-electron chi connectivity index (χ3n) is 6.11. The maximum atomic E-state index is 10.9. The Morgan fingerprint density at radius 2 is 1.95 bits per heavy atom. The van der Waals surface area contributed by atoms with Crippen LogP contribution in [0.15, 0.2) is 12.4 Å². The first-order valence-electron chi connectivity index (χ1n) is 8.24. The van der Waals surface area contributed by atoms with Gasteiger partial charge in [-0.15, -0.1) is 0 Å². The second kappa shape index (κ2) is 4.42. The third-order valence-corrected chi connectivity index (χ3v) is 6.11. The van der Waals surface area contributed by atoms with Crippen LogP contribution >= 0.6 is 0 Å². The average Bonchev–Trinajstić information content (AvgIpc) is 2.35. The fourth-order valence-corrected chi connectivity index (χ4v) is 5.70. The zero-order valence-corrected chi connectivity index (χ0v) is 13.0. The lowest BCUT2D eigenvalue weighted by Crippen LogP contribution is -2.60. The van der Waals surface area contributed by atoms with Gasteiger partial charge < -0.3 is 10.4 Å². The van der Waals surface area contributed by atoms with Crippen molar-refractivity contribution in [1.82, 2.24) is 9.97 Å². The van der Waals surface area contributed by atoms with Crippen molar-refractivity contribution in [3.63, 3.8) is 0 Å². The molecule has 1 aromatic heterocycles. The van der Waals surface area contributed by atoms with E-state index in [1.807, 2.05) is 6.92 Å². The smallest absolute Gasteiger partial charge is 0.145 e. The van der Waals surface area contributed by atoms with Crippen molar-refractivity contribution in [2.45, 2.75) is 64.0 Å². The van der Waals surface area contributed by atoms with E-state index in [4.69, 9.17) is 0 Å². The van der Waals surface area contributed by atoms with Gasteiger partial charge in [0, 0.05) is 12.2 Å². The van der Waals surface area contributed by atoms with Crippen LogP contribution in [0.2, 0.25) is 0 Å². The molecule has 4 saturated carbocycles. The number of aryl methyl sites for hydroxylation is 1. The van der Waals surface area contributed by atoms with Crippen LogP contribution in [0, 0.1) is 24.2 Å². The summed E-state index contributed by atoms with van der Waals surface area (Å²) in [6, 6.07) is 0.339. The second-order valence-corrected chi connectivity index (χ2v) is 7.96. The minimum absolute atomic E-state index is 0.240. The van der Waals surface area contributed by atoms with Crippen molar-refractivity contribution >= 4 is 5.82 Å². The zero-order valence-electron chi connectivity index (χ0n) is 13.0. The largest absolute Gasteiger partial charge is 0.390 e. The van der Waals surface area contributed by atoms with Crippen LogP contribution in [0.1, 0.15) is 51.1 Å². The second-order valence-electron chi connectivity index (χ2n) is 7.96. The Morgan fingerprint density at radius 1 is 1.24 bits per heavy atom. The van der Waals surface area contributed by atoms with Crippen molar-refractivity contribution < 1.29 is 5.11 Å². The van der Waals surface area contributed by atoms with E-state index in [2.05, 4.69) is 22.2 Å². The molecule has 1 heterocycles. The van der Waals surface area contributed by atoms with Gasteiger partial charge in [0.2, 0.25) is 0 Å². The summed E-state index contributed by atoms with van der Waals surface area (Å²) >= 11 is 0. The molecule has 4 aliphatic carbocycles. The molecule has 4 bridgehead atoms. The molecule has 21 heavy (non-hydrogen) atoms. The number of nitrogens with zero attached hydrogens (tertiary/aromatic N) is 2. The number of nitrogens with one attached hydrogen (secondary N) is 1. The number of hydrogen-bond acceptors (Lipinski definition) is 4. The number of aromatic nitrogens is 2. The molecule has 1 aromatic rings. The van der Waals surface area contributed by atoms with Crippen molar-refractivity contribution in [3.05, 3.63) is 18.1 Å². The normalized spacial score (nSPS) is 42.0. The molecule has 0 aliphatic heterocycles. The van der Waals surface area contributed by atoms with E-state index in [9.17, 15) is 5.11 Å². The molecule has 0 amide bonds. The first kappa shape index (κ1) is 13.5. The van der Waals surface area contributed by atoms with Gasteiger partial charge in [0.15, 0.2) is 0 Å². The highest BCUT2D eigenvalue weighted by atomic mass is 16.3. The molecule has 4 fully saturated rings. The van der Waals surface area contributed by atoms with E-state index in [-0.39, 0.29) is 5.41 Å². The molecule has 0 saturated heterocycles. The molecule has 3 unspecified atom stereocenters. The predicted molar refractivity (Wildman–Crippen MR) is 81.9 cm³/mol.